The molecular weight excluding hydrogens is 534 g/mol. The summed E-state index contributed by atoms with van der Waals surface area (Å²) in [5.41, 5.74) is 7.20. The number of carbonyl (C=O) groups is 1. The zero-order valence-corrected chi connectivity index (χ0v) is 21.7. The number of rotatable bonds is 7. The molecule has 0 bridgehead atoms. The summed E-state index contributed by atoms with van der Waals surface area (Å²) in [4.78, 5) is 12.5. The van der Waals surface area contributed by atoms with E-state index in [1.54, 1.807) is 0 Å². The van der Waals surface area contributed by atoms with Crippen molar-refractivity contribution in [1.82, 2.24) is 20.2 Å². The van der Waals surface area contributed by atoms with Crippen LogP contribution in [0.5, 0.6) is 0 Å². The van der Waals surface area contributed by atoms with Gasteiger partial charge < -0.3 is 0 Å². The van der Waals surface area contributed by atoms with Crippen molar-refractivity contribution in [2.45, 2.75) is 19.0 Å². The molecule has 1 amide bonds. The van der Waals surface area contributed by atoms with E-state index in [1.165, 1.54) is 11.8 Å². The maximum Gasteiger partial charge on any atom is 0.250 e. The van der Waals surface area contributed by atoms with Crippen LogP contribution in [0.1, 0.15) is 18.1 Å². The second kappa shape index (κ2) is 11.0. The maximum atomic E-state index is 12.5. The molecule has 4 rings (SSSR count). The van der Waals surface area contributed by atoms with Crippen molar-refractivity contribution >= 4 is 50.9 Å². The third-order valence-electron chi connectivity index (χ3n) is 4.95. The predicted octanol–water partition coefficient (Wildman–Crippen LogP) is 6.29. The summed E-state index contributed by atoms with van der Waals surface area (Å²) in [7, 11) is 0. The number of amides is 1. The second-order valence-corrected chi connectivity index (χ2v) is 9.81. The van der Waals surface area contributed by atoms with E-state index >= 15 is 0 Å². The number of nitrogens with one attached hydrogen (secondary N) is 1. The third-order valence-corrected chi connectivity index (χ3v) is 6.63. The summed E-state index contributed by atoms with van der Waals surface area (Å²) in [6.45, 7) is 3.88. The minimum absolute atomic E-state index is 0.139. The Hall–Kier alpha value is -2.94. The van der Waals surface area contributed by atoms with Crippen molar-refractivity contribution in [2.24, 2.45) is 5.10 Å². The van der Waals surface area contributed by atoms with Crippen LogP contribution in [0.25, 0.3) is 17.1 Å². The lowest BCUT2D eigenvalue weighted by molar-refractivity contribution is -0.118. The van der Waals surface area contributed by atoms with Gasteiger partial charge in [-0.1, -0.05) is 69.1 Å². The Bertz CT molecular complexity index is 1340. The fourth-order valence-corrected chi connectivity index (χ4v) is 4.43. The van der Waals surface area contributed by atoms with Gasteiger partial charge in [0.15, 0.2) is 11.0 Å². The number of aryl methyl sites for hydroxylation is 1. The first-order valence-electron chi connectivity index (χ1n) is 10.4. The molecule has 9 heteroatoms. The molecule has 1 aromatic heterocycles. The molecule has 0 atom stereocenters. The summed E-state index contributed by atoms with van der Waals surface area (Å²) < 4.78 is 2.89. The van der Waals surface area contributed by atoms with Gasteiger partial charge in [-0.2, -0.15) is 5.10 Å². The fourth-order valence-electron chi connectivity index (χ4n) is 3.16. The van der Waals surface area contributed by atoms with Crippen molar-refractivity contribution < 1.29 is 4.79 Å². The third kappa shape index (κ3) is 5.94. The highest BCUT2D eigenvalue weighted by atomic mass is 79.9. The first-order valence-corrected chi connectivity index (χ1v) is 12.6. The van der Waals surface area contributed by atoms with Crippen molar-refractivity contribution in [2.75, 3.05) is 5.75 Å². The van der Waals surface area contributed by atoms with Crippen LogP contribution in [0.3, 0.4) is 0 Å². The smallest absolute Gasteiger partial charge is 0.250 e. The minimum atomic E-state index is -0.231. The van der Waals surface area contributed by atoms with Gasteiger partial charge in [-0.15, -0.1) is 10.2 Å². The van der Waals surface area contributed by atoms with E-state index in [2.05, 4.69) is 36.7 Å². The van der Waals surface area contributed by atoms with Crippen LogP contribution >= 0.6 is 39.3 Å². The molecule has 4 aromatic rings. The zero-order chi connectivity index (χ0) is 24.1. The molecule has 0 spiro atoms. The van der Waals surface area contributed by atoms with Gasteiger partial charge in [-0.25, -0.2) is 5.43 Å². The van der Waals surface area contributed by atoms with E-state index in [-0.39, 0.29) is 11.7 Å². The number of hydrogen-bond acceptors (Lipinski definition) is 5. The van der Waals surface area contributed by atoms with Crippen molar-refractivity contribution in [3.8, 4) is 17.1 Å². The molecule has 0 saturated carbocycles. The first-order chi connectivity index (χ1) is 16.4. The normalized spacial score (nSPS) is 11.5. The van der Waals surface area contributed by atoms with E-state index in [4.69, 9.17) is 11.6 Å². The van der Waals surface area contributed by atoms with Crippen LogP contribution in [0, 0.1) is 6.92 Å². The topological polar surface area (TPSA) is 72.2 Å². The largest absolute Gasteiger partial charge is 0.272 e. The lowest BCUT2D eigenvalue weighted by Gasteiger charge is -2.11. The average molecular weight is 555 g/mol. The molecular formula is C25H21BrClN5OS. The molecule has 0 aliphatic carbocycles. The number of halogens is 2. The molecule has 6 nitrogen and oxygen atoms in total. The molecule has 172 valence electrons. The Morgan fingerprint density at radius 3 is 2.53 bits per heavy atom. The Kier molecular flexibility index (Phi) is 7.82. The van der Waals surface area contributed by atoms with Crippen molar-refractivity contribution in [3.05, 3.63) is 93.4 Å². The summed E-state index contributed by atoms with van der Waals surface area (Å²) in [5.74, 6) is 0.581. The number of nitrogens with zero attached hydrogens (tertiary/aromatic N) is 4. The van der Waals surface area contributed by atoms with Gasteiger partial charge in [0.2, 0.25) is 0 Å². The van der Waals surface area contributed by atoms with Crippen molar-refractivity contribution in [3.63, 3.8) is 0 Å². The number of hydrazone groups is 1. The molecule has 1 heterocycles. The van der Waals surface area contributed by atoms with E-state index in [1.807, 2.05) is 91.2 Å². The highest BCUT2D eigenvalue weighted by Gasteiger charge is 2.17. The van der Waals surface area contributed by atoms with Crippen LogP contribution in [-0.2, 0) is 4.79 Å². The predicted molar refractivity (Wildman–Crippen MR) is 142 cm³/mol. The highest BCUT2D eigenvalue weighted by Crippen LogP contribution is 2.29. The van der Waals surface area contributed by atoms with Crippen LogP contribution in [-0.4, -0.2) is 32.1 Å². The molecule has 34 heavy (non-hydrogen) atoms. The maximum absolute atomic E-state index is 12.5. The Morgan fingerprint density at radius 2 is 1.82 bits per heavy atom. The monoisotopic (exact) mass is 553 g/mol. The summed E-state index contributed by atoms with van der Waals surface area (Å²) in [6.07, 6.45) is 0. The Labute approximate surface area is 215 Å². The lowest BCUT2D eigenvalue weighted by atomic mass is 10.1. The van der Waals surface area contributed by atoms with Gasteiger partial charge in [0.05, 0.1) is 11.5 Å². The van der Waals surface area contributed by atoms with E-state index < -0.39 is 0 Å². The SMILES string of the molecule is C/C(=N\NC(=O)CSc1nnc(-c2ccc(Cl)cc2)n1-c1ccc(C)cc1)c1cccc(Br)c1. The van der Waals surface area contributed by atoms with Gasteiger partial charge in [0.25, 0.3) is 5.91 Å². The van der Waals surface area contributed by atoms with Gasteiger partial charge in [0.1, 0.15) is 0 Å². The van der Waals surface area contributed by atoms with Gasteiger partial charge >= 0.3 is 0 Å². The number of hydrogen-bond donors (Lipinski definition) is 1. The molecule has 0 aliphatic rings. The van der Waals surface area contributed by atoms with E-state index in [9.17, 15) is 4.79 Å². The molecule has 0 fully saturated rings. The standard InChI is InChI=1S/C25H21BrClN5OS/c1-16-6-12-22(13-7-16)32-24(18-8-10-21(27)11-9-18)30-31-25(32)34-15-23(33)29-28-17(2)19-4-3-5-20(26)14-19/h3-14H,15H2,1-2H3,(H,29,33)/b28-17+. The number of benzene rings is 3. The average Bonchev–Trinajstić information content (AvgIpc) is 3.26. The first kappa shape index (κ1) is 24.2. The summed E-state index contributed by atoms with van der Waals surface area (Å²) in [5, 5.41) is 14.2. The van der Waals surface area contributed by atoms with Crippen LogP contribution in [0.15, 0.2) is 87.5 Å². The molecule has 0 unspecified atom stereocenters. The number of aromatic nitrogens is 3. The van der Waals surface area contributed by atoms with Crippen LogP contribution < -0.4 is 5.43 Å². The lowest BCUT2D eigenvalue weighted by Crippen LogP contribution is -2.21. The van der Waals surface area contributed by atoms with Crippen LogP contribution in [0.4, 0.5) is 0 Å². The number of carbonyl (C=O) groups excluding carboxylic acids is 1. The minimum Gasteiger partial charge on any atom is -0.272 e. The quantitative estimate of drug-likeness (QED) is 0.166. The van der Waals surface area contributed by atoms with E-state index in [0.29, 0.717) is 21.7 Å². The highest BCUT2D eigenvalue weighted by molar-refractivity contribution is 9.10. The Morgan fingerprint density at radius 1 is 1.09 bits per heavy atom. The van der Waals surface area contributed by atoms with E-state index in [0.717, 1.165) is 26.9 Å². The second-order valence-electron chi connectivity index (χ2n) is 7.52. The molecule has 0 aliphatic heterocycles. The Balaban J connectivity index is 1.53. The summed E-state index contributed by atoms with van der Waals surface area (Å²) in [6, 6.07) is 23.3. The molecule has 0 saturated heterocycles. The summed E-state index contributed by atoms with van der Waals surface area (Å²) >= 11 is 10.8. The van der Waals surface area contributed by atoms with Crippen molar-refractivity contribution in [1.29, 1.82) is 0 Å². The number of thioether (sulfide) groups is 1. The van der Waals surface area contributed by atoms with Crippen LogP contribution in [0.2, 0.25) is 5.02 Å². The molecule has 0 radical (unpaired) electrons. The molecule has 1 N–H and O–H groups in total. The van der Waals surface area contributed by atoms with Gasteiger partial charge in [-0.05, 0) is 67.9 Å². The zero-order valence-electron chi connectivity index (χ0n) is 18.5. The fraction of sp³-hybridized carbons (Fsp3) is 0.120. The van der Waals surface area contributed by atoms with Gasteiger partial charge in [0, 0.05) is 20.7 Å². The molecule has 3 aromatic carbocycles. The van der Waals surface area contributed by atoms with Gasteiger partial charge in [-0.3, -0.25) is 9.36 Å².